The van der Waals surface area contributed by atoms with Crippen molar-refractivity contribution in [3.05, 3.63) is 65.5 Å². The van der Waals surface area contributed by atoms with Crippen LogP contribution in [-0.4, -0.2) is 87.7 Å². The molecule has 5 rings (SSSR count). The van der Waals surface area contributed by atoms with Crippen molar-refractivity contribution in [2.24, 2.45) is 0 Å². The first kappa shape index (κ1) is 27.9. The van der Waals surface area contributed by atoms with Crippen LogP contribution in [0.1, 0.15) is 23.0 Å². The number of hydrogen-bond acceptors (Lipinski definition) is 8. The van der Waals surface area contributed by atoms with Gasteiger partial charge in [0.15, 0.2) is 11.6 Å². The average molecular weight is 573 g/mol. The Morgan fingerprint density at radius 3 is 2.49 bits per heavy atom. The predicted octanol–water partition coefficient (Wildman–Crippen LogP) is 1.89. The summed E-state index contributed by atoms with van der Waals surface area (Å²) in [6.45, 7) is 4.11. The van der Waals surface area contributed by atoms with E-state index in [1.54, 1.807) is 13.1 Å². The fourth-order valence-electron chi connectivity index (χ4n) is 4.85. The van der Waals surface area contributed by atoms with Crippen LogP contribution in [0.2, 0.25) is 0 Å². The Morgan fingerprint density at radius 1 is 1.15 bits per heavy atom. The third-order valence-electron chi connectivity index (χ3n) is 6.86. The largest absolute Gasteiger partial charge is 0.442 e. The molecule has 4 heterocycles. The highest BCUT2D eigenvalue weighted by Gasteiger charge is 2.35. The number of rotatable bonds is 7. The van der Waals surface area contributed by atoms with Gasteiger partial charge in [-0.25, -0.2) is 23.2 Å². The molecule has 0 spiro atoms. The van der Waals surface area contributed by atoms with E-state index in [1.807, 2.05) is 0 Å². The minimum atomic E-state index is -0.959. The Bertz CT molecular complexity index is 1450. The maximum Gasteiger partial charge on any atom is 0.414 e. The number of amides is 3. The zero-order chi connectivity index (χ0) is 29.3. The molecule has 1 aromatic carbocycles. The van der Waals surface area contributed by atoms with Gasteiger partial charge in [0, 0.05) is 50.7 Å². The molecule has 0 unspecified atom stereocenters. The van der Waals surface area contributed by atoms with Crippen LogP contribution < -0.4 is 15.1 Å². The Kier molecular flexibility index (Phi) is 7.77. The minimum absolute atomic E-state index is 0.0226. The highest BCUT2D eigenvalue weighted by Crippen LogP contribution is 2.32. The average Bonchev–Trinajstić information content (AvgIpc) is 3.52. The lowest BCUT2D eigenvalue weighted by Gasteiger charge is -2.37. The Labute approximate surface area is 232 Å². The maximum atomic E-state index is 15.2. The summed E-state index contributed by atoms with van der Waals surface area (Å²) in [7, 11) is 0. The van der Waals surface area contributed by atoms with Gasteiger partial charge in [-0.2, -0.15) is 4.39 Å². The van der Waals surface area contributed by atoms with E-state index < -0.39 is 47.6 Å². The van der Waals surface area contributed by atoms with E-state index in [1.165, 1.54) is 39.7 Å². The van der Waals surface area contributed by atoms with Crippen LogP contribution in [0.4, 0.5) is 29.3 Å². The van der Waals surface area contributed by atoms with Gasteiger partial charge in [-0.1, -0.05) is 5.21 Å². The molecule has 2 aliphatic heterocycles. The molecule has 12 nitrogen and oxygen atoms in total. The van der Waals surface area contributed by atoms with Gasteiger partial charge in [-0.3, -0.25) is 14.5 Å². The van der Waals surface area contributed by atoms with E-state index in [9.17, 15) is 18.8 Å². The van der Waals surface area contributed by atoms with Gasteiger partial charge in [0.1, 0.15) is 17.8 Å². The van der Waals surface area contributed by atoms with Crippen molar-refractivity contribution in [1.29, 1.82) is 0 Å². The molecule has 2 aliphatic rings. The second-order valence-corrected chi connectivity index (χ2v) is 9.81. The van der Waals surface area contributed by atoms with Crippen LogP contribution in [-0.2, 0) is 16.1 Å². The van der Waals surface area contributed by atoms with Crippen molar-refractivity contribution in [2.45, 2.75) is 32.5 Å². The van der Waals surface area contributed by atoms with Crippen LogP contribution in [0.25, 0.3) is 0 Å². The highest BCUT2D eigenvalue weighted by atomic mass is 19.1. The quantitative estimate of drug-likeness (QED) is 0.426. The van der Waals surface area contributed by atoms with E-state index in [2.05, 4.69) is 20.6 Å². The molecular weight excluding hydrogens is 545 g/mol. The van der Waals surface area contributed by atoms with E-state index in [0.29, 0.717) is 5.69 Å². The van der Waals surface area contributed by atoms with E-state index >= 15 is 8.78 Å². The monoisotopic (exact) mass is 572 g/mol. The molecule has 2 atom stereocenters. The molecule has 15 heteroatoms. The summed E-state index contributed by atoms with van der Waals surface area (Å²) in [4.78, 5) is 45.1. The van der Waals surface area contributed by atoms with Crippen LogP contribution in [0.15, 0.2) is 36.7 Å². The number of carbonyl (C=O) groups is 3. The van der Waals surface area contributed by atoms with Crippen LogP contribution >= 0.6 is 0 Å². The molecule has 3 aromatic rings. The predicted molar refractivity (Wildman–Crippen MR) is 139 cm³/mol. The number of benzene rings is 1. The Hall–Kier alpha value is -4.69. The summed E-state index contributed by atoms with van der Waals surface area (Å²) >= 11 is 0. The molecule has 41 heavy (non-hydrogen) atoms. The third kappa shape index (κ3) is 5.93. The van der Waals surface area contributed by atoms with E-state index in [4.69, 9.17) is 4.74 Å². The molecular formula is C26H27F3N8O4. The van der Waals surface area contributed by atoms with Gasteiger partial charge in [-0.15, -0.1) is 5.10 Å². The number of ether oxygens (including phenoxy) is 1. The van der Waals surface area contributed by atoms with Crippen molar-refractivity contribution < 1.29 is 32.3 Å². The van der Waals surface area contributed by atoms with Gasteiger partial charge < -0.3 is 19.9 Å². The second-order valence-electron chi connectivity index (χ2n) is 9.81. The number of aromatic nitrogens is 4. The number of carbonyl (C=O) groups excluding carboxylic acids is 3. The van der Waals surface area contributed by atoms with Gasteiger partial charge in [0.25, 0.3) is 5.91 Å². The second kappa shape index (κ2) is 11.4. The Morgan fingerprint density at radius 2 is 1.85 bits per heavy atom. The zero-order valence-electron chi connectivity index (χ0n) is 22.3. The molecule has 1 N–H and O–H groups in total. The van der Waals surface area contributed by atoms with Crippen molar-refractivity contribution in [3.8, 4) is 0 Å². The van der Waals surface area contributed by atoms with E-state index in [-0.39, 0.29) is 56.2 Å². The number of cyclic esters (lactones) is 1. The number of pyridine rings is 1. The van der Waals surface area contributed by atoms with Crippen molar-refractivity contribution >= 4 is 29.3 Å². The van der Waals surface area contributed by atoms with Gasteiger partial charge >= 0.3 is 6.09 Å². The molecule has 0 aliphatic carbocycles. The number of anilines is 2. The molecule has 2 fully saturated rings. The molecule has 3 amide bonds. The zero-order valence-corrected chi connectivity index (χ0v) is 22.3. The van der Waals surface area contributed by atoms with Crippen molar-refractivity contribution in [3.63, 3.8) is 0 Å². The topological polar surface area (TPSA) is 126 Å². The van der Waals surface area contributed by atoms with Crippen molar-refractivity contribution in [2.75, 3.05) is 42.5 Å². The van der Waals surface area contributed by atoms with E-state index in [0.717, 1.165) is 17.0 Å². The summed E-state index contributed by atoms with van der Waals surface area (Å²) in [5.74, 6) is -3.86. The minimum Gasteiger partial charge on any atom is -0.442 e. The summed E-state index contributed by atoms with van der Waals surface area (Å²) in [5, 5.41) is 10.3. The van der Waals surface area contributed by atoms with Gasteiger partial charge in [0.2, 0.25) is 11.9 Å². The molecule has 2 saturated heterocycles. The lowest BCUT2D eigenvalue weighted by atomic mass is 10.1. The molecule has 216 valence electrons. The number of aryl methyl sites for hydroxylation is 1. The Balaban J connectivity index is 1.19. The molecule has 0 saturated carbocycles. The van der Waals surface area contributed by atoms with Crippen LogP contribution in [0, 0.1) is 24.5 Å². The molecule has 0 bridgehead atoms. The van der Waals surface area contributed by atoms with Crippen molar-refractivity contribution in [1.82, 2.24) is 30.2 Å². The lowest BCUT2D eigenvalue weighted by molar-refractivity contribution is -0.133. The number of nitrogens with one attached hydrogen (secondary N) is 1. The smallest absolute Gasteiger partial charge is 0.414 e. The normalized spacial score (nSPS) is 17.9. The van der Waals surface area contributed by atoms with Crippen LogP contribution in [0.3, 0.4) is 0 Å². The fourth-order valence-corrected chi connectivity index (χ4v) is 4.85. The first-order valence-corrected chi connectivity index (χ1v) is 12.9. The maximum absolute atomic E-state index is 15.2. The summed E-state index contributed by atoms with van der Waals surface area (Å²) in [6, 6.07) is 3.86. The summed E-state index contributed by atoms with van der Waals surface area (Å²) in [6.07, 6.45) is 1.60. The number of hydrogen-bond donors (Lipinski definition) is 1. The van der Waals surface area contributed by atoms with Gasteiger partial charge in [0.05, 0.1) is 30.0 Å². The first-order valence-electron chi connectivity index (χ1n) is 12.9. The molecule has 0 radical (unpaired) electrons. The summed E-state index contributed by atoms with van der Waals surface area (Å²) < 4.78 is 51.0. The van der Waals surface area contributed by atoms with Gasteiger partial charge in [-0.05, 0) is 26.0 Å². The summed E-state index contributed by atoms with van der Waals surface area (Å²) in [5.41, 5.74) is 0.176. The third-order valence-corrected chi connectivity index (χ3v) is 6.86. The SMILES string of the molecule is Cc1cn(C[C@H]2CN(c3cc(F)c(N4CCN(C(=O)[C@H](C)NC(=O)c5cccnc5F)CC4)c(F)c3)C(=O)O2)nn1. The first-order chi connectivity index (χ1) is 19.6. The fraction of sp³-hybridized carbons (Fsp3) is 0.385. The number of halogens is 3. The number of piperazine rings is 1. The molecule has 2 aromatic heterocycles. The highest BCUT2D eigenvalue weighted by molar-refractivity contribution is 5.97. The standard InChI is InChI=1S/C26H27F3N8O4/c1-15-12-36(33-32-15)13-18-14-37(26(40)41-18)17-10-20(27)22(21(28)11-17)34-6-8-35(9-7-34)25(39)16(2)31-24(38)19-4-3-5-30-23(19)29/h3-5,10-12,16,18H,6-9,13-14H2,1-2H3,(H,31,38)/t16-,18-/m0/s1. The van der Waals surface area contributed by atoms with Crippen LogP contribution in [0.5, 0.6) is 0 Å². The number of nitrogens with zero attached hydrogens (tertiary/aromatic N) is 7. The lowest BCUT2D eigenvalue weighted by Crippen LogP contribution is -2.54.